The van der Waals surface area contributed by atoms with E-state index in [4.69, 9.17) is 5.11 Å². The highest BCUT2D eigenvalue weighted by atomic mass is 19.4. The average Bonchev–Trinajstić information content (AvgIpc) is 3.23. The minimum absolute atomic E-state index is 0.0324. The Balaban J connectivity index is 1.93. The van der Waals surface area contributed by atoms with Crippen LogP contribution in [-0.4, -0.2) is 24.2 Å². The first-order chi connectivity index (χ1) is 9.85. The van der Waals surface area contributed by atoms with E-state index in [2.05, 4.69) is 5.32 Å². The van der Waals surface area contributed by atoms with Gasteiger partial charge in [0.15, 0.2) is 0 Å². The third kappa shape index (κ3) is 4.32. The Morgan fingerprint density at radius 3 is 2.67 bits per heavy atom. The van der Waals surface area contributed by atoms with Crippen LogP contribution in [0.1, 0.15) is 24.0 Å². The number of halogens is 3. The zero-order valence-corrected chi connectivity index (χ0v) is 11.3. The second-order valence-corrected chi connectivity index (χ2v) is 5.33. The summed E-state index contributed by atoms with van der Waals surface area (Å²) < 4.78 is 37.6. The highest BCUT2D eigenvalue weighted by Crippen LogP contribution is 2.44. The molecule has 0 heterocycles. The van der Waals surface area contributed by atoms with Crippen molar-refractivity contribution in [1.29, 1.82) is 0 Å². The topological polar surface area (TPSA) is 49.3 Å². The number of aliphatic hydroxyl groups is 1. The molecule has 0 atom stereocenters. The van der Waals surface area contributed by atoms with Gasteiger partial charge < -0.3 is 10.4 Å². The second-order valence-electron chi connectivity index (χ2n) is 5.33. The van der Waals surface area contributed by atoms with Crippen LogP contribution < -0.4 is 5.32 Å². The van der Waals surface area contributed by atoms with E-state index < -0.39 is 11.7 Å². The molecule has 1 amide bonds. The van der Waals surface area contributed by atoms with Crippen molar-refractivity contribution in [3.05, 3.63) is 41.5 Å². The molecule has 0 aliphatic heterocycles. The van der Waals surface area contributed by atoms with Crippen LogP contribution in [0.25, 0.3) is 6.08 Å². The third-order valence-corrected chi connectivity index (χ3v) is 3.57. The monoisotopic (exact) mass is 299 g/mol. The van der Waals surface area contributed by atoms with Gasteiger partial charge in [0, 0.05) is 18.0 Å². The summed E-state index contributed by atoms with van der Waals surface area (Å²) in [6.07, 6.45) is -0.111. The van der Waals surface area contributed by atoms with Gasteiger partial charge in [-0.05, 0) is 36.6 Å². The molecule has 0 bridgehead atoms. The van der Waals surface area contributed by atoms with E-state index >= 15 is 0 Å². The highest BCUT2D eigenvalue weighted by Gasteiger charge is 2.41. The summed E-state index contributed by atoms with van der Waals surface area (Å²) in [5, 5.41) is 11.8. The molecule has 2 rings (SSSR count). The van der Waals surface area contributed by atoms with E-state index in [1.54, 1.807) is 0 Å². The molecule has 0 saturated heterocycles. The number of aliphatic hydroxyl groups excluding tert-OH is 1. The summed E-state index contributed by atoms with van der Waals surface area (Å²) in [6, 6.07) is 4.76. The second kappa shape index (κ2) is 5.89. The summed E-state index contributed by atoms with van der Waals surface area (Å²) in [5.41, 5.74) is -0.634. The van der Waals surface area contributed by atoms with Gasteiger partial charge in [0.1, 0.15) is 0 Å². The molecule has 114 valence electrons. The van der Waals surface area contributed by atoms with Crippen LogP contribution in [-0.2, 0) is 11.0 Å². The summed E-state index contributed by atoms with van der Waals surface area (Å²) in [4.78, 5) is 11.6. The maximum Gasteiger partial charge on any atom is 0.416 e. The third-order valence-electron chi connectivity index (χ3n) is 3.57. The predicted molar refractivity (Wildman–Crippen MR) is 72.2 cm³/mol. The van der Waals surface area contributed by atoms with Crippen molar-refractivity contribution in [3.63, 3.8) is 0 Å². The lowest BCUT2D eigenvalue weighted by Gasteiger charge is -2.11. The first-order valence-electron chi connectivity index (χ1n) is 6.59. The molecule has 1 aromatic carbocycles. The van der Waals surface area contributed by atoms with E-state index in [1.165, 1.54) is 24.3 Å². The molecule has 21 heavy (non-hydrogen) atoms. The van der Waals surface area contributed by atoms with Gasteiger partial charge >= 0.3 is 6.18 Å². The molecule has 6 heteroatoms. The van der Waals surface area contributed by atoms with Gasteiger partial charge in [-0.15, -0.1) is 0 Å². The number of hydrogen-bond donors (Lipinski definition) is 2. The summed E-state index contributed by atoms with van der Waals surface area (Å²) in [7, 11) is 0. The minimum atomic E-state index is -4.40. The van der Waals surface area contributed by atoms with Crippen molar-refractivity contribution >= 4 is 12.0 Å². The summed E-state index contributed by atoms with van der Waals surface area (Å²) >= 11 is 0. The largest absolute Gasteiger partial charge is 0.416 e. The van der Waals surface area contributed by atoms with Crippen molar-refractivity contribution < 1.29 is 23.1 Å². The predicted octanol–water partition coefficient (Wildman–Crippen LogP) is 2.61. The van der Waals surface area contributed by atoms with Crippen LogP contribution in [0, 0.1) is 5.41 Å². The van der Waals surface area contributed by atoms with Crippen LogP contribution in [0.4, 0.5) is 13.2 Å². The van der Waals surface area contributed by atoms with Crippen molar-refractivity contribution in [2.24, 2.45) is 5.41 Å². The van der Waals surface area contributed by atoms with Crippen molar-refractivity contribution in [2.75, 3.05) is 13.2 Å². The molecule has 1 saturated carbocycles. The number of hydrogen-bond acceptors (Lipinski definition) is 2. The number of amides is 1. The Morgan fingerprint density at radius 2 is 2.10 bits per heavy atom. The molecule has 0 unspecified atom stereocenters. The molecule has 2 N–H and O–H groups in total. The Bertz CT molecular complexity index is 548. The van der Waals surface area contributed by atoms with E-state index in [0.29, 0.717) is 12.1 Å². The van der Waals surface area contributed by atoms with Crippen LogP contribution in [0.5, 0.6) is 0 Å². The van der Waals surface area contributed by atoms with Gasteiger partial charge in [0.25, 0.3) is 0 Å². The molecule has 3 nitrogen and oxygen atoms in total. The van der Waals surface area contributed by atoms with E-state index in [0.717, 1.165) is 25.0 Å². The van der Waals surface area contributed by atoms with E-state index in [1.807, 2.05) is 0 Å². The SMILES string of the molecule is O=C(/C=C/c1cccc(C(F)(F)F)c1)NCC1(CO)CC1. The lowest BCUT2D eigenvalue weighted by molar-refractivity contribution is -0.137. The standard InChI is InChI=1S/C15H16F3NO2/c16-15(17,18)12-3-1-2-11(8-12)4-5-13(21)19-9-14(10-20)6-7-14/h1-5,8,20H,6-7,9-10H2,(H,19,21)/b5-4+. The van der Waals surface area contributed by atoms with Crippen LogP contribution in [0.3, 0.4) is 0 Å². The summed E-state index contributed by atoms with van der Waals surface area (Å²) in [6.45, 7) is 0.417. The molecule has 0 radical (unpaired) electrons. The number of benzene rings is 1. The van der Waals surface area contributed by atoms with Gasteiger partial charge in [-0.25, -0.2) is 0 Å². The molecule has 1 aliphatic rings. The van der Waals surface area contributed by atoms with E-state index in [9.17, 15) is 18.0 Å². The molecule has 0 spiro atoms. The lowest BCUT2D eigenvalue weighted by Crippen LogP contribution is -2.30. The molecule has 1 fully saturated rings. The zero-order chi connectivity index (χ0) is 15.5. The molecule has 1 aromatic rings. The maximum atomic E-state index is 12.5. The highest BCUT2D eigenvalue weighted by molar-refractivity contribution is 5.91. The number of rotatable bonds is 5. The Hall–Kier alpha value is -1.82. The summed E-state index contributed by atoms with van der Waals surface area (Å²) in [5.74, 6) is -0.382. The van der Waals surface area contributed by atoms with Gasteiger partial charge in [0.2, 0.25) is 5.91 Å². The fraction of sp³-hybridized carbons (Fsp3) is 0.400. The number of nitrogens with one attached hydrogen (secondary N) is 1. The Kier molecular flexibility index (Phi) is 4.37. The van der Waals surface area contributed by atoms with Gasteiger partial charge in [-0.2, -0.15) is 13.2 Å². The molecule has 0 aromatic heterocycles. The molecule has 1 aliphatic carbocycles. The number of carbonyl (C=O) groups excluding carboxylic acids is 1. The van der Waals surface area contributed by atoms with Gasteiger partial charge in [-0.1, -0.05) is 12.1 Å². The van der Waals surface area contributed by atoms with Gasteiger partial charge in [0.05, 0.1) is 12.2 Å². The molecular weight excluding hydrogens is 283 g/mol. The zero-order valence-electron chi connectivity index (χ0n) is 11.3. The lowest BCUT2D eigenvalue weighted by atomic mass is 10.1. The van der Waals surface area contributed by atoms with Crippen LogP contribution in [0.2, 0.25) is 0 Å². The normalized spacial score (nSPS) is 17.0. The Morgan fingerprint density at radius 1 is 1.38 bits per heavy atom. The maximum absolute atomic E-state index is 12.5. The van der Waals surface area contributed by atoms with Crippen LogP contribution in [0.15, 0.2) is 30.3 Å². The van der Waals surface area contributed by atoms with Crippen molar-refractivity contribution in [1.82, 2.24) is 5.32 Å². The number of carbonyl (C=O) groups is 1. The Labute approximate surface area is 120 Å². The first-order valence-corrected chi connectivity index (χ1v) is 6.59. The van der Waals surface area contributed by atoms with E-state index in [-0.39, 0.29) is 17.9 Å². The van der Waals surface area contributed by atoms with Crippen molar-refractivity contribution in [2.45, 2.75) is 19.0 Å². The smallest absolute Gasteiger partial charge is 0.396 e. The minimum Gasteiger partial charge on any atom is -0.396 e. The first kappa shape index (κ1) is 15.6. The number of alkyl halides is 3. The average molecular weight is 299 g/mol. The quantitative estimate of drug-likeness (QED) is 0.821. The van der Waals surface area contributed by atoms with Crippen LogP contribution >= 0.6 is 0 Å². The fourth-order valence-corrected chi connectivity index (χ4v) is 1.89. The van der Waals surface area contributed by atoms with Gasteiger partial charge in [-0.3, -0.25) is 4.79 Å². The van der Waals surface area contributed by atoms with Crippen molar-refractivity contribution in [3.8, 4) is 0 Å². The molecular formula is C15H16F3NO2. The fourth-order valence-electron chi connectivity index (χ4n) is 1.89.